The maximum atomic E-state index is 11.1. The number of alkyl carbamates (subject to hydrolysis) is 1. The molecule has 1 unspecified atom stereocenters. The third kappa shape index (κ3) is 2.97. The van der Waals surface area contributed by atoms with E-state index in [1.807, 2.05) is 44.2 Å². The largest absolute Gasteiger partial charge is 0.441 e. The van der Waals surface area contributed by atoms with Gasteiger partial charge in [0.25, 0.3) is 0 Å². The Morgan fingerprint density at radius 1 is 1.35 bits per heavy atom. The molecule has 0 spiro atoms. The molecule has 1 aromatic carbocycles. The van der Waals surface area contributed by atoms with Gasteiger partial charge in [0.1, 0.15) is 6.10 Å². The van der Waals surface area contributed by atoms with Crippen LogP contribution in [0.1, 0.15) is 19.4 Å². The first-order valence-electron chi connectivity index (χ1n) is 5.68. The van der Waals surface area contributed by atoms with Crippen LogP contribution in [0, 0.1) is 0 Å². The second-order valence-electron chi connectivity index (χ2n) is 4.74. The van der Waals surface area contributed by atoms with E-state index in [-0.39, 0.29) is 17.7 Å². The van der Waals surface area contributed by atoms with Gasteiger partial charge in [0, 0.05) is 0 Å². The Morgan fingerprint density at radius 3 is 2.65 bits per heavy atom. The highest BCUT2D eigenvalue weighted by atomic mass is 16.6. The lowest BCUT2D eigenvalue weighted by Crippen LogP contribution is -2.44. The summed E-state index contributed by atoms with van der Waals surface area (Å²) in [5.74, 6) is 0. The van der Waals surface area contributed by atoms with Crippen LogP contribution in [-0.2, 0) is 16.1 Å². The van der Waals surface area contributed by atoms with E-state index in [4.69, 9.17) is 9.47 Å². The van der Waals surface area contributed by atoms with E-state index >= 15 is 0 Å². The standard InChI is InChI=1S/C13H17NO3/c1-13(2)11(17-12(15)14-13)9-16-8-10-6-4-3-5-7-10/h3-7,11H,8-9H2,1-2H3,(H,14,15). The molecular formula is C13H17NO3. The number of nitrogens with one attached hydrogen (secondary N) is 1. The summed E-state index contributed by atoms with van der Waals surface area (Å²) >= 11 is 0. The van der Waals surface area contributed by atoms with Crippen LogP contribution in [0.5, 0.6) is 0 Å². The predicted molar refractivity (Wildman–Crippen MR) is 63.6 cm³/mol. The van der Waals surface area contributed by atoms with Crippen molar-refractivity contribution >= 4 is 6.09 Å². The number of carbonyl (C=O) groups excluding carboxylic acids is 1. The summed E-state index contributed by atoms with van der Waals surface area (Å²) < 4.78 is 10.7. The Labute approximate surface area is 101 Å². The summed E-state index contributed by atoms with van der Waals surface area (Å²) in [5, 5.41) is 2.75. The van der Waals surface area contributed by atoms with Crippen molar-refractivity contribution < 1.29 is 14.3 Å². The number of carbonyl (C=O) groups is 1. The van der Waals surface area contributed by atoms with Crippen LogP contribution in [0.25, 0.3) is 0 Å². The Balaban J connectivity index is 1.81. The number of ether oxygens (including phenoxy) is 2. The molecule has 1 N–H and O–H groups in total. The molecule has 1 atom stereocenters. The van der Waals surface area contributed by atoms with Gasteiger partial charge in [0.2, 0.25) is 0 Å². The average molecular weight is 235 g/mol. The zero-order valence-electron chi connectivity index (χ0n) is 10.1. The number of benzene rings is 1. The van der Waals surface area contributed by atoms with Crippen LogP contribution in [0.2, 0.25) is 0 Å². The molecule has 0 bridgehead atoms. The van der Waals surface area contributed by atoms with Gasteiger partial charge in [-0.25, -0.2) is 4.79 Å². The molecule has 1 saturated heterocycles. The molecule has 0 saturated carbocycles. The van der Waals surface area contributed by atoms with Gasteiger partial charge in [-0.1, -0.05) is 30.3 Å². The number of rotatable bonds is 4. The SMILES string of the molecule is CC1(C)NC(=O)OC1COCc1ccccc1. The van der Waals surface area contributed by atoms with Gasteiger partial charge in [-0.15, -0.1) is 0 Å². The Morgan fingerprint density at radius 2 is 2.06 bits per heavy atom. The zero-order chi connectivity index (χ0) is 12.3. The van der Waals surface area contributed by atoms with Crippen LogP contribution in [0.15, 0.2) is 30.3 Å². The number of hydrogen-bond acceptors (Lipinski definition) is 3. The van der Waals surface area contributed by atoms with Gasteiger partial charge in [-0.3, -0.25) is 0 Å². The van der Waals surface area contributed by atoms with Crippen molar-refractivity contribution in [1.82, 2.24) is 5.32 Å². The molecule has 1 aliphatic heterocycles. The topological polar surface area (TPSA) is 47.6 Å². The van der Waals surface area contributed by atoms with E-state index in [2.05, 4.69) is 5.32 Å². The number of hydrogen-bond donors (Lipinski definition) is 1. The first-order chi connectivity index (χ1) is 8.08. The maximum Gasteiger partial charge on any atom is 0.408 e. The average Bonchev–Trinajstić information content (AvgIpc) is 2.53. The number of cyclic esters (lactones) is 1. The monoisotopic (exact) mass is 235 g/mol. The van der Waals surface area contributed by atoms with Crippen molar-refractivity contribution in [3.8, 4) is 0 Å². The van der Waals surface area contributed by atoms with Crippen molar-refractivity contribution in [1.29, 1.82) is 0 Å². The molecular weight excluding hydrogens is 218 g/mol. The van der Waals surface area contributed by atoms with Crippen LogP contribution in [0.4, 0.5) is 4.79 Å². The highest BCUT2D eigenvalue weighted by Gasteiger charge is 2.41. The lowest BCUT2D eigenvalue weighted by molar-refractivity contribution is 0.0142. The normalized spacial score (nSPS) is 22.0. The highest BCUT2D eigenvalue weighted by Crippen LogP contribution is 2.20. The Hall–Kier alpha value is -1.55. The third-order valence-corrected chi connectivity index (χ3v) is 2.86. The summed E-state index contributed by atoms with van der Waals surface area (Å²) in [7, 11) is 0. The van der Waals surface area contributed by atoms with E-state index < -0.39 is 0 Å². The van der Waals surface area contributed by atoms with Crippen LogP contribution in [-0.4, -0.2) is 24.3 Å². The quantitative estimate of drug-likeness (QED) is 0.869. The minimum atomic E-state index is -0.372. The van der Waals surface area contributed by atoms with E-state index in [0.717, 1.165) is 5.56 Å². The zero-order valence-corrected chi connectivity index (χ0v) is 10.1. The molecule has 4 heteroatoms. The van der Waals surface area contributed by atoms with Gasteiger partial charge >= 0.3 is 6.09 Å². The minimum absolute atomic E-state index is 0.237. The molecule has 17 heavy (non-hydrogen) atoms. The van der Waals surface area contributed by atoms with E-state index in [9.17, 15) is 4.79 Å². The van der Waals surface area contributed by atoms with Crippen molar-refractivity contribution in [3.63, 3.8) is 0 Å². The van der Waals surface area contributed by atoms with Gasteiger partial charge in [0.05, 0.1) is 18.8 Å². The fourth-order valence-corrected chi connectivity index (χ4v) is 1.75. The molecule has 1 heterocycles. The van der Waals surface area contributed by atoms with Crippen molar-refractivity contribution in [2.75, 3.05) is 6.61 Å². The molecule has 4 nitrogen and oxygen atoms in total. The summed E-state index contributed by atoms with van der Waals surface area (Å²) in [6, 6.07) is 9.92. The molecule has 0 aliphatic carbocycles. The molecule has 1 fully saturated rings. The van der Waals surface area contributed by atoms with Gasteiger partial charge < -0.3 is 14.8 Å². The second kappa shape index (κ2) is 4.75. The van der Waals surface area contributed by atoms with Gasteiger partial charge in [-0.2, -0.15) is 0 Å². The first kappa shape index (κ1) is 11.9. The number of amides is 1. The van der Waals surface area contributed by atoms with Gasteiger partial charge in [-0.05, 0) is 19.4 Å². The Kier molecular flexibility index (Phi) is 3.33. The summed E-state index contributed by atoms with van der Waals surface area (Å²) in [4.78, 5) is 11.1. The summed E-state index contributed by atoms with van der Waals surface area (Å²) in [6.45, 7) is 4.79. The lowest BCUT2D eigenvalue weighted by Gasteiger charge is -2.23. The Bertz CT molecular complexity index is 389. The predicted octanol–water partition coefficient (Wildman–Crippen LogP) is 2.09. The smallest absolute Gasteiger partial charge is 0.408 e. The fourth-order valence-electron chi connectivity index (χ4n) is 1.75. The van der Waals surface area contributed by atoms with Gasteiger partial charge in [0.15, 0.2) is 0 Å². The third-order valence-electron chi connectivity index (χ3n) is 2.86. The van der Waals surface area contributed by atoms with E-state index in [1.165, 1.54) is 0 Å². The molecule has 0 aromatic heterocycles. The van der Waals surface area contributed by atoms with Crippen molar-refractivity contribution in [2.45, 2.75) is 32.1 Å². The highest BCUT2D eigenvalue weighted by molar-refractivity contribution is 5.71. The van der Waals surface area contributed by atoms with Crippen molar-refractivity contribution in [2.24, 2.45) is 0 Å². The minimum Gasteiger partial charge on any atom is -0.441 e. The molecule has 92 valence electrons. The molecule has 1 amide bonds. The van der Waals surface area contributed by atoms with Crippen LogP contribution >= 0.6 is 0 Å². The molecule has 0 radical (unpaired) electrons. The van der Waals surface area contributed by atoms with E-state index in [1.54, 1.807) is 0 Å². The summed E-state index contributed by atoms with van der Waals surface area (Å²) in [6.07, 6.45) is -0.609. The molecule has 2 rings (SSSR count). The first-order valence-corrected chi connectivity index (χ1v) is 5.68. The second-order valence-corrected chi connectivity index (χ2v) is 4.74. The van der Waals surface area contributed by atoms with Crippen molar-refractivity contribution in [3.05, 3.63) is 35.9 Å². The summed E-state index contributed by atoms with van der Waals surface area (Å²) in [5.41, 5.74) is 0.746. The maximum absolute atomic E-state index is 11.1. The van der Waals surface area contributed by atoms with E-state index in [0.29, 0.717) is 13.2 Å². The lowest BCUT2D eigenvalue weighted by atomic mass is 9.99. The van der Waals surface area contributed by atoms with Crippen LogP contribution in [0.3, 0.4) is 0 Å². The van der Waals surface area contributed by atoms with Crippen LogP contribution < -0.4 is 5.32 Å². The molecule has 1 aromatic rings. The fraction of sp³-hybridized carbons (Fsp3) is 0.462. The molecule has 1 aliphatic rings.